The molecule has 2 aromatic heterocycles. The van der Waals surface area contributed by atoms with Gasteiger partial charge in [-0.05, 0) is 52.8 Å². The molecule has 196 valence electrons. The Morgan fingerprint density at radius 2 is 1.87 bits per heavy atom. The minimum Gasteiger partial charge on any atom is -0.489 e. The van der Waals surface area contributed by atoms with Gasteiger partial charge in [0.2, 0.25) is 11.6 Å². The van der Waals surface area contributed by atoms with Crippen LogP contribution in [-0.4, -0.2) is 80.5 Å². The highest BCUT2D eigenvalue weighted by atomic mass is 16.6. The van der Waals surface area contributed by atoms with Crippen LogP contribution in [0.1, 0.15) is 27.3 Å². The van der Waals surface area contributed by atoms with Crippen molar-refractivity contribution in [3.63, 3.8) is 0 Å². The van der Waals surface area contributed by atoms with Crippen molar-refractivity contribution >= 4 is 17.9 Å². The summed E-state index contributed by atoms with van der Waals surface area (Å²) in [5, 5.41) is 19.7. The van der Waals surface area contributed by atoms with Gasteiger partial charge in [0, 0.05) is 32.7 Å². The van der Waals surface area contributed by atoms with Gasteiger partial charge in [-0.3, -0.25) is 9.69 Å². The van der Waals surface area contributed by atoms with Gasteiger partial charge >= 0.3 is 0 Å². The first-order valence-corrected chi connectivity index (χ1v) is 12.1. The summed E-state index contributed by atoms with van der Waals surface area (Å²) in [5.74, 6) is 0.464. The van der Waals surface area contributed by atoms with E-state index in [9.17, 15) is 4.79 Å². The summed E-state index contributed by atoms with van der Waals surface area (Å²) in [5.41, 5.74) is 10.9. The molecule has 0 unspecified atom stereocenters. The summed E-state index contributed by atoms with van der Waals surface area (Å²) in [6.07, 6.45) is 1.54. The van der Waals surface area contributed by atoms with Crippen LogP contribution >= 0.6 is 0 Å². The lowest BCUT2D eigenvalue weighted by molar-refractivity contribution is 0.0946. The minimum absolute atomic E-state index is 0.0516. The van der Waals surface area contributed by atoms with Gasteiger partial charge < -0.3 is 15.4 Å². The highest BCUT2D eigenvalue weighted by Gasteiger charge is 2.26. The van der Waals surface area contributed by atoms with E-state index in [2.05, 4.69) is 48.0 Å². The molecule has 13 heteroatoms. The molecule has 0 atom stereocenters. The molecule has 0 aliphatic carbocycles. The Labute approximate surface area is 218 Å². The van der Waals surface area contributed by atoms with E-state index < -0.39 is 5.91 Å². The molecule has 1 saturated heterocycles. The molecule has 3 N–H and O–H groups in total. The van der Waals surface area contributed by atoms with Gasteiger partial charge in [0.1, 0.15) is 12.4 Å². The summed E-state index contributed by atoms with van der Waals surface area (Å²) in [7, 11) is 2.08. The number of rotatable bonds is 9. The average molecular weight is 517 g/mol. The number of benzene rings is 2. The standard InChI is InChI=1S/C25H28N10O3/c1-33-11-13-34(14-12-33)16-21-22(28-32-35(21)24-23(26)30-38-31-24)25(36)29-27-15-18-7-9-20(10-8-18)37-17-19-5-3-2-4-6-19/h2-10,15H,11-14,16-17H2,1H3,(H2,26,30)(H,29,36)/b27-15-. The molecule has 13 nitrogen and oxygen atoms in total. The molecule has 1 aliphatic heterocycles. The van der Waals surface area contributed by atoms with Crippen molar-refractivity contribution in [3.05, 3.63) is 77.1 Å². The molecule has 0 saturated carbocycles. The lowest BCUT2D eigenvalue weighted by atomic mass is 10.2. The number of nitrogen functional groups attached to an aromatic ring is 1. The topological polar surface area (TPSA) is 153 Å². The fourth-order valence-electron chi connectivity index (χ4n) is 3.95. The predicted octanol–water partition coefficient (Wildman–Crippen LogP) is 1.32. The number of carbonyl (C=O) groups is 1. The first kappa shape index (κ1) is 25.0. The Hall–Kier alpha value is -4.62. The van der Waals surface area contributed by atoms with E-state index >= 15 is 0 Å². The quantitative estimate of drug-likeness (QED) is 0.246. The molecule has 5 rings (SSSR count). The van der Waals surface area contributed by atoms with Gasteiger partial charge in [0.15, 0.2) is 5.69 Å². The van der Waals surface area contributed by atoms with Crippen molar-refractivity contribution in [2.24, 2.45) is 5.10 Å². The van der Waals surface area contributed by atoms with Crippen molar-refractivity contribution < 1.29 is 14.2 Å². The van der Waals surface area contributed by atoms with Crippen LogP contribution in [-0.2, 0) is 13.2 Å². The zero-order valence-corrected chi connectivity index (χ0v) is 20.9. The van der Waals surface area contributed by atoms with E-state index in [-0.39, 0.29) is 17.3 Å². The predicted molar refractivity (Wildman–Crippen MR) is 139 cm³/mol. The van der Waals surface area contributed by atoms with Crippen LogP contribution < -0.4 is 15.9 Å². The number of likely N-dealkylation sites (N-methyl/N-ethyl adjacent to an activating group) is 1. The number of nitrogens with zero attached hydrogens (tertiary/aromatic N) is 8. The molecule has 0 bridgehead atoms. The van der Waals surface area contributed by atoms with Gasteiger partial charge in [-0.15, -0.1) is 5.10 Å². The van der Waals surface area contributed by atoms with Crippen molar-refractivity contribution in [3.8, 4) is 11.6 Å². The highest BCUT2D eigenvalue weighted by molar-refractivity contribution is 5.94. The lowest BCUT2D eigenvalue weighted by Gasteiger charge is -2.32. The second-order valence-electron chi connectivity index (χ2n) is 8.89. The largest absolute Gasteiger partial charge is 0.489 e. The first-order chi connectivity index (χ1) is 18.6. The van der Waals surface area contributed by atoms with E-state index in [1.807, 2.05) is 54.6 Å². The number of anilines is 1. The number of nitrogens with one attached hydrogen (secondary N) is 1. The Kier molecular flexibility index (Phi) is 7.66. The first-order valence-electron chi connectivity index (χ1n) is 12.1. The van der Waals surface area contributed by atoms with E-state index in [4.69, 9.17) is 15.1 Å². The third-order valence-electron chi connectivity index (χ3n) is 6.15. The maximum absolute atomic E-state index is 13.0. The molecule has 38 heavy (non-hydrogen) atoms. The number of amides is 1. The van der Waals surface area contributed by atoms with Crippen LogP contribution in [0.25, 0.3) is 5.82 Å². The van der Waals surface area contributed by atoms with Gasteiger partial charge in [-0.25, -0.2) is 10.1 Å². The maximum Gasteiger partial charge on any atom is 0.293 e. The Balaban J connectivity index is 1.24. The number of hydrogen-bond donors (Lipinski definition) is 2. The molecule has 1 fully saturated rings. The molecule has 1 amide bonds. The summed E-state index contributed by atoms with van der Waals surface area (Å²) in [4.78, 5) is 17.5. The summed E-state index contributed by atoms with van der Waals surface area (Å²) in [6.45, 7) is 4.40. The SMILES string of the molecule is CN1CCN(Cc2c(C(=O)N/N=C\c3ccc(OCc4ccccc4)cc3)nnn2-c2nonc2N)CC1. The number of hydrogen-bond acceptors (Lipinski definition) is 11. The Morgan fingerprint density at radius 1 is 1.11 bits per heavy atom. The molecular formula is C25H28N10O3. The van der Waals surface area contributed by atoms with Crippen LogP contribution in [0.2, 0.25) is 0 Å². The second-order valence-corrected chi connectivity index (χ2v) is 8.89. The molecule has 4 aromatic rings. The fourth-order valence-corrected chi connectivity index (χ4v) is 3.95. The zero-order chi connectivity index (χ0) is 26.3. The van der Waals surface area contributed by atoms with Gasteiger partial charge in [0.05, 0.1) is 11.9 Å². The molecule has 0 spiro atoms. The Morgan fingerprint density at radius 3 is 2.58 bits per heavy atom. The van der Waals surface area contributed by atoms with Crippen LogP contribution in [0.3, 0.4) is 0 Å². The van der Waals surface area contributed by atoms with Gasteiger partial charge in [-0.1, -0.05) is 35.5 Å². The van der Waals surface area contributed by atoms with Crippen molar-refractivity contribution in [2.75, 3.05) is 39.0 Å². The lowest BCUT2D eigenvalue weighted by Crippen LogP contribution is -2.44. The molecule has 2 aromatic carbocycles. The normalized spacial score (nSPS) is 14.7. The molecule has 1 aliphatic rings. The zero-order valence-electron chi connectivity index (χ0n) is 20.9. The number of piperazine rings is 1. The van der Waals surface area contributed by atoms with Crippen LogP contribution in [0.15, 0.2) is 64.3 Å². The molecule has 3 heterocycles. The van der Waals surface area contributed by atoms with Crippen LogP contribution in [0.5, 0.6) is 5.75 Å². The summed E-state index contributed by atoms with van der Waals surface area (Å²) in [6, 6.07) is 17.3. The third-order valence-corrected chi connectivity index (χ3v) is 6.15. The van der Waals surface area contributed by atoms with E-state index in [0.29, 0.717) is 18.8 Å². The number of aromatic nitrogens is 5. The fraction of sp³-hybridized carbons (Fsp3) is 0.280. The van der Waals surface area contributed by atoms with E-state index in [1.165, 1.54) is 4.68 Å². The smallest absolute Gasteiger partial charge is 0.293 e. The van der Waals surface area contributed by atoms with Crippen LogP contribution in [0, 0.1) is 0 Å². The minimum atomic E-state index is -0.505. The van der Waals surface area contributed by atoms with Crippen molar-refractivity contribution in [1.82, 2.24) is 40.5 Å². The Bertz CT molecular complexity index is 1380. The third kappa shape index (κ3) is 6.02. The van der Waals surface area contributed by atoms with E-state index in [1.54, 1.807) is 6.21 Å². The van der Waals surface area contributed by atoms with Gasteiger partial charge in [-0.2, -0.15) is 9.78 Å². The maximum atomic E-state index is 13.0. The number of hydrazone groups is 1. The van der Waals surface area contributed by atoms with E-state index in [0.717, 1.165) is 43.1 Å². The number of ether oxygens (including phenoxy) is 1. The number of carbonyl (C=O) groups excluding carboxylic acids is 1. The van der Waals surface area contributed by atoms with Crippen LogP contribution in [0.4, 0.5) is 5.82 Å². The molecular weight excluding hydrogens is 488 g/mol. The average Bonchev–Trinajstić information content (AvgIpc) is 3.55. The van der Waals surface area contributed by atoms with Crippen molar-refractivity contribution in [1.29, 1.82) is 0 Å². The summed E-state index contributed by atoms with van der Waals surface area (Å²) >= 11 is 0. The van der Waals surface area contributed by atoms with Crippen molar-refractivity contribution in [2.45, 2.75) is 13.2 Å². The highest BCUT2D eigenvalue weighted by Crippen LogP contribution is 2.18. The number of nitrogens with two attached hydrogens (primary N) is 1. The summed E-state index contributed by atoms with van der Waals surface area (Å²) < 4.78 is 11.9. The molecule has 0 radical (unpaired) electrons. The second kappa shape index (κ2) is 11.6. The monoisotopic (exact) mass is 516 g/mol. The van der Waals surface area contributed by atoms with Gasteiger partial charge in [0.25, 0.3) is 5.91 Å².